The van der Waals surface area contributed by atoms with Crippen LogP contribution in [0.4, 0.5) is 18.9 Å². The Bertz CT molecular complexity index is 656. The fourth-order valence-electron chi connectivity index (χ4n) is 2.20. The Morgan fingerprint density at radius 2 is 1.78 bits per heavy atom. The molecule has 0 spiro atoms. The Morgan fingerprint density at radius 1 is 1.09 bits per heavy atom. The second-order valence-corrected chi connectivity index (χ2v) is 4.97. The van der Waals surface area contributed by atoms with Gasteiger partial charge in [-0.25, -0.2) is 0 Å². The summed E-state index contributed by atoms with van der Waals surface area (Å²) in [5.41, 5.74) is 0.0671. The summed E-state index contributed by atoms with van der Waals surface area (Å²) >= 11 is 0. The van der Waals surface area contributed by atoms with Crippen LogP contribution >= 0.6 is 0 Å². The Labute approximate surface area is 132 Å². The number of rotatable bonds is 5. The number of hydrogen-bond acceptors (Lipinski definition) is 2. The molecule has 0 heterocycles. The van der Waals surface area contributed by atoms with Gasteiger partial charge in [-0.3, -0.25) is 4.79 Å². The minimum absolute atomic E-state index is 0.114. The van der Waals surface area contributed by atoms with Crippen LogP contribution in [-0.2, 0) is 11.0 Å². The third-order valence-electron chi connectivity index (χ3n) is 3.26. The molecule has 1 atom stereocenters. The Kier molecular flexibility index (Phi) is 5.39. The molecule has 0 radical (unpaired) electrons. The highest BCUT2D eigenvalue weighted by Gasteiger charge is 2.30. The molecule has 6 heteroatoms. The highest BCUT2D eigenvalue weighted by molar-refractivity contribution is 5.95. The standard InChI is InChI=1S/C17H17F3N2O/c1-2-21-15(12-7-4-3-5-8-12)16(23)22-14-10-6-9-13(11-14)17(18,19)20/h3-11,15,21H,2H2,1H3,(H,22,23). The van der Waals surface area contributed by atoms with Gasteiger partial charge in [0, 0.05) is 5.69 Å². The van der Waals surface area contributed by atoms with Gasteiger partial charge >= 0.3 is 6.18 Å². The van der Waals surface area contributed by atoms with Crippen LogP contribution < -0.4 is 10.6 Å². The van der Waals surface area contributed by atoms with Crippen LogP contribution in [0.5, 0.6) is 0 Å². The van der Waals surface area contributed by atoms with Crippen molar-refractivity contribution in [2.24, 2.45) is 0 Å². The number of carbonyl (C=O) groups is 1. The lowest BCUT2D eigenvalue weighted by Gasteiger charge is -2.18. The molecular formula is C17H17F3N2O. The first-order valence-corrected chi connectivity index (χ1v) is 7.18. The summed E-state index contributed by atoms with van der Waals surface area (Å²) in [5.74, 6) is -0.405. The number of benzene rings is 2. The van der Waals surface area contributed by atoms with Gasteiger partial charge in [-0.2, -0.15) is 13.2 Å². The molecule has 2 N–H and O–H groups in total. The van der Waals surface area contributed by atoms with Crippen LogP contribution in [0.2, 0.25) is 0 Å². The van der Waals surface area contributed by atoms with E-state index in [2.05, 4.69) is 10.6 Å². The van der Waals surface area contributed by atoms with Crippen LogP contribution in [0.1, 0.15) is 24.1 Å². The molecule has 1 amide bonds. The lowest BCUT2D eigenvalue weighted by molar-refractivity contribution is -0.137. The summed E-state index contributed by atoms with van der Waals surface area (Å²) < 4.78 is 38.2. The summed E-state index contributed by atoms with van der Waals surface area (Å²) in [6.07, 6.45) is -4.44. The smallest absolute Gasteiger partial charge is 0.324 e. The zero-order valence-corrected chi connectivity index (χ0v) is 12.5. The molecule has 2 aromatic rings. The number of amides is 1. The molecule has 0 fully saturated rings. The van der Waals surface area contributed by atoms with E-state index in [0.29, 0.717) is 6.54 Å². The van der Waals surface area contributed by atoms with E-state index in [9.17, 15) is 18.0 Å². The van der Waals surface area contributed by atoms with Gasteiger partial charge in [-0.1, -0.05) is 43.3 Å². The topological polar surface area (TPSA) is 41.1 Å². The van der Waals surface area contributed by atoms with Gasteiger partial charge in [0.1, 0.15) is 6.04 Å². The number of anilines is 1. The Hall–Kier alpha value is -2.34. The lowest BCUT2D eigenvalue weighted by Crippen LogP contribution is -2.32. The fraction of sp³-hybridized carbons (Fsp3) is 0.235. The number of hydrogen-bond donors (Lipinski definition) is 2. The minimum Gasteiger partial charge on any atom is -0.324 e. The van der Waals surface area contributed by atoms with E-state index >= 15 is 0 Å². The van der Waals surface area contributed by atoms with Crippen LogP contribution in [0, 0.1) is 0 Å². The first-order chi connectivity index (χ1) is 10.9. The molecule has 2 aromatic carbocycles. The van der Waals surface area contributed by atoms with Crippen molar-refractivity contribution in [3.63, 3.8) is 0 Å². The second kappa shape index (κ2) is 7.28. The molecule has 122 valence electrons. The monoisotopic (exact) mass is 322 g/mol. The largest absolute Gasteiger partial charge is 0.416 e. The van der Waals surface area contributed by atoms with Crippen LogP contribution in [-0.4, -0.2) is 12.5 Å². The van der Waals surface area contributed by atoms with Gasteiger partial charge in [0.25, 0.3) is 0 Å². The second-order valence-electron chi connectivity index (χ2n) is 4.97. The van der Waals surface area contributed by atoms with Gasteiger partial charge in [-0.15, -0.1) is 0 Å². The zero-order chi connectivity index (χ0) is 16.9. The van der Waals surface area contributed by atoms with Gasteiger partial charge in [0.05, 0.1) is 5.56 Å². The first-order valence-electron chi connectivity index (χ1n) is 7.18. The highest BCUT2D eigenvalue weighted by atomic mass is 19.4. The average Bonchev–Trinajstić information content (AvgIpc) is 2.53. The quantitative estimate of drug-likeness (QED) is 0.874. The van der Waals surface area contributed by atoms with E-state index in [0.717, 1.165) is 17.7 Å². The van der Waals surface area contributed by atoms with E-state index < -0.39 is 23.7 Å². The maximum Gasteiger partial charge on any atom is 0.416 e. The first kappa shape index (κ1) is 17.0. The molecule has 23 heavy (non-hydrogen) atoms. The van der Waals surface area contributed by atoms with Crippen molar-refractivity contribution in [2.75, 3.05) is 11.9 Å². The average molecular weight is 322 g/mol. The number of nitrogens with one attached hydrogen (secondary N) is 2. The summed E-state index contributed by atoms with van der Waals surface area (Å²) in [6, 6.07) is 13.0. The fourth-order valence-corrected chi connectivity index (χ4v) is 2.20. The highest BCUT2D eigenvalue weighted by Crippen LogP contribution is 2.30. The molecule has 1 unspecified atom stereocenters. The van der Waals surface area contributed by atoms with E-state index in [4.69, 9.17) is 0 Å². The van der Waals surface area contributed by atoms with Gasteiger partial charge in [0.15, 0.2) is 0 Å². The maximum atomic E-state index is 12.7. The van der Waals surface area contributed by atoms with Crippen LogP contribution in [0.3, 0.4) is 0 Å². The van der Waals surface area contributed by atoms with Crippen molar-refractivity contribution in [3.05, 3.63) is 65.7 Å². The molecule has 3 nitrogen and oxygen atoms in total. The predicted octanol–water partition coefficient (Wildman–Crippen LogP) is 3.99. The predicted molar refractivity (Wildman–Crippen MR) is 82.9 cm³/mol. The number of likely N-dealkylation sites (N-methyl/N-ethyl adjacent to an activating group) is 1. The van der Waals surface area contributed by atoms with E-state index in [1.54, 1.807) is 24.3 Å². The molecule has 0 bridgehead atoms. The van der Waals surface area contributed by atoms with Crippen molar-refractivity contribution >= 4 is 11.6 Å². The third kappa shape index (κ3) is 4.56. The van der Waals surface area contributed by atoms with E-state index in [1.807, 2.05) is 13.0 Å². The van der Waals surface area contributed by atoms with E-state index in [1.165, 1.54) is 12.1 Å². The van der Waals surface area contributed by atoms with Crippen molar-refractivity contribution in [1.82, 2.24) is 5.32 Å². The van der Waals surface area contributed by atoms with Crippen molar-refractivity contribution in [1.29, 1.82) is 0 Å². The number of carbonyl (C=O) groups excluding carboxylic acids is 1. The Balaban J connectivity index is 2.19. The SMILES string of the molecule is CCNC(C(=O)Nc1cccc(C(F)(F)F)c1)c1ccccc1. The number of halogens is 3. The molecular weight excluding hydrogens is 305 g/mol. The molecule has 2 rings (SSSR count). The molecule has 0 aliphatic heterocycles. The normalized spacial score (nSPS) is 12.7. The van der Waals surface area contributed by atoms with E-state index in [-0.39, 0.29) is 5.69 Å². The van der Waals surface area contributed by atoms with Gasteiger partial charge in [0.2, 0.25) is 5.91 Å². The summed E-state index contributed by atoms with van der Waals surface area (Å²) in [7, 11) is 0. The minimum atomic E-state index is -4.44. The van der Waals surface area contributed by atoms with Gasteiger partial charge in [-0.05, 0) is 30.3 Å². The molecule has 0 aromatic heterocycles. The maximum absolute atomic E-state index is 12.7. The van der Waals surface area contributed by atoms with Crippen LogP contribution in [0.25, 0.3) is 0 Å². The van der Waals surface area contributed by atoms with Crippen LogP contribution in [0.15, 0.2) is 54.6 Å². The van der Waals surface area contributed by atoms with Crippen molar-refractivity contribution < 1.29 is 18.0 Å². The molecule has 0 saturated carbocycles. The Morgan fingerprint density at radius 3 is 2.39 bits per heavy atom. The zero-order valence-electron chi connectivity index (χ0n) is 12.5. The van der Waals surface area contributed by atoms with Crippen molar-refractivity contribution in [3.8, 4) is 0 Å². The van der Waals surface area contributed by atoms with Crippen molar-refractivity contribution in [2.45, 2.75) is 19.1 Å². The van der Waals surface area contributed by atoms with Gasteiger partial charge < -0.3 is 10.6 Å². The molecule has 0 aliphatic carbocycles. The third-order valence-corrected chi connectivity index (χ3v) is 3.26. The molecule has 0 saturated heterocycles. The molecule has 0 aliphatic rings. The number of alkyl halides is 3. The summed E-state index contributed by atoms with van der Waals surface area (Å²) in [4.78, 5) is 12.4. The summed E-state index contributed by atoms with van der Waals surface area (Å²) in [5, 5.41) is 5.57. The lowest BCUT2D eigenvalue weighted by atomic mass is 10.1. The summed E-state index contributed by atoms with van der Waals surface area (Å²) in [6.45, 7) is 2.41.